The van der Waals surface area contributed by atoms with E-state index in [1.165, 1.54) is 58.4 Å². The summed E-state index contributed by atoms with van der Waals surface area (Å²) in [6, 6.07) is 11.8. The SMILES string of the molecule is Cc1ccc(-c2noc(-c3cccc(OCC4CCN(CC5CCCNC5)CC4)c3)n2)cn1. The largest absolute Gasteiger partial charge is 0.493 e. The molecule has 1 atom stereocenters. The summed E-state index contributed by atoms with van der Waals surface area (Å²) in [6.45, 7) is 8.69. The first-order valence-electron chi connectivity index (χ1n) is 12.2. The maximum Gasteiger partial charge on any atom is 0.258 e. The highest BCUT2D eigenvalue weighted by molar-refractivity contribution is 5.60. The van der Waals surface area contributed by atoms with Gasteiger partial charge in [-0.25, -0.2) is 0 Å². The molecule has 2 saturated heterocycles. The van der Waals surface area contributed by atoms with Crippen molar-refractivity contribution < 1.29 is 9.26 Å². The molecule has 7 nitrogen and oxygen atoms in total. The Labute approximate surface area is 195 Å². The molecule has 3 aromatic rings. The highest BCUT2D eigenvalue weighted by Gasteiger charge is 2.23. The Hall–Kier alpha value is -2.77. The molecule has 33 heavy (non-hydrogen) atoms. The van der Waals surface area contributed by atoms with Crippen LogP contribution in [0.4, 0.5) is 0 Å². The van der Waals surface area contributed by atoms with Crippen LogP contribution in [-0.4, -0.2) is 59.4 Å². The van der Waals surface area contributed by atoms with E-state index in [9.17, 15) is 0 Å². The van der Waals surface area contributed by atoms with E-state index in [1.54, 1.807) is 6.20 Å². The van der Waals surface area contributed by atoms with Crippen molar-refractivity contribution in [2.24, 2.45) is 11.8 Å². The minimum Gasteiger partial charge on any atom is -0.493 e. The smallest absolute Gasteiger partial charge is 0.258 e. The Kier molecular flexibility index (Phi) is 6.98. The topological polar surface area (TPSA) is 76.3 Å². The molecule has 2 aromatic heterocycles. The second-order valence-corrected chi connectivity index (χ2v) is 9.41. The number of aromatic nitrogens is 3. The molecule has 0 aliphatic carbocycles. The first kappa shape index (κ1) is 22.0. The first-order chi connectivity index (χ1) is 16.2. The lowest BCUT2D eigenvalue weighted by atomic mass is 9.94. The van der Waals surface area contributed by atoms with Gasteiger partial charge >= 0.3 is 0 Å². The Morgan fingerprint density at radius 3 is 2.79 bits per heavy atom. The molecule has 0 amide bonds. The lowest BCUT2D eigenvalue weighted by Gasteiger charge is -2.35. The van der Waals surface area contributed by atoms with E-state index in [0.29, 0.717) is 17.6 Å². The fraction of sp³-hybridized carbons (Fsp3) is 0.500. The summed E-state index contributed by atoms with van der Waals surface area (Å²) >= 11 is 0. The Bertz CT molecular complexity index is 1020. The van der Waals surface area contributed by atoms with E-state index in [2.05, 4.69) is 25.3 Å². The van der Waals surface area contributed by atoms with E-state index >= 15 is 0 Å². The van der Waals surface area contributed by atoms with Gasteiger partial charge in [0.25, 0.3) is 5.89 Å². The second-order valence-electron chi connectivity index (χ2n) is 9.41. The van der Waals surface area contributed by atoms with Crippen LogP contribution >= 0.6 is 0 Å². The van der Waals surface area contributed by atoms with Crippen molar-refractivity contribution in [3.8, 4) is 28.6 Å². The summed E-state index contributed by atoms with van der Waals surface area (Å²) in [5.41, 5.74) is 2.66. The van der Waals surface area contributed by atoms with Crippen LogP contribution in [0, 0.1) is 18.8 Å². The van der Waals surface area contributed by atoms with Gasteiger partial charge in [0.2, 0.25) is 5.82 Å². The molecule has 2 aliphatic rings. The lowest BCUT2D eigenvalue weighted by molar-refractivity contribution is 0.122. The zero-order valence-electron chi connectivity index (χ0n) is 19.4. The molecule has 4 heterocycles. The zero-order chi connectivity index (χ0) is 22.5. The van der Waals surface area contributed by atoms with Crippen LogP contribution in [0.2, 0.25) is 0 Å². The van der Waals surface area contributed by atoms with Crippen molar-refractivity contribution in [2.45, 2.75) is 32.6 Å². The Balaban J connectivity index is 1.13. The number of piperidine rings is 2. The highest BCUT2D eigenvalue weighted by Crippen LogP contribution is 2.26. The number of benzene rings is 1. The molecule has 1 aromatic carbocycles. The van der Waals surface area contributed by atoms with Gasteiger partial charge in [-0.15, -0.1) is 0 Å². The summed E-state index contributed by atoms with van der Waals surface area (Å²) in [4.78, 5) is 11.5. The van der Waals surface area contributed by atoms with E-state index in [0.717, 1.165) is 35.1 Å². The third kappa shape index (κ3) is 5.78. The molecule has 2 aliphatic heterocycles. The molecule has 2 fully saturated rings. The molecule has 0 bridgehead atoms. The van der Waals surface area contributed by atoms with E-state index in [1.807, 2.05) is 43.3 Å². The summed E-state index contributed by atoms with van der Waals surface area (Å²) in [5, 5.41) is 7.65. The summed E-state index contributed by atoms with van der Waals surface area (Å²) in [6.07, 6.45) is 6.87. The van der Waals surface area contributed by atoms with Gasteiger partial charge in [0.1, 0.15) is 5.75 Å². The standard InChI is InChI=1S/C26H33N5O2/c1-19-7-8-23(16-28-19)25-29-26(33-30-25)22-5-2-6-24(14-22)32-18-20-9-12-31(13-10-20)17-21-4-3-11-27-15-21/h2,5-8,14,16,20-21,27H,3-4,9-13,15,17-18H2,1H3. The number of likely N-dealkylation sites (tertiary alicyclic amines) is 1. The predicted molar refractivity (Wildman–Crippen MR) is 128 cm³/mol. The first-order valence-corrected chi connectivity index (χ1v) is 12.2. The number of ether oxygens (including phenoxy) is 1. The molecule has 174 valence electrons. The van der Waals surface area contributed by atoms with Crippen LogP contribution in [0.25, 0.3) is 22.8 Å². The van der Waals surface area contributed by atoms with Gasteiger partial charge < -0.3 is 19.5 Å². The maximum atomic E-state index is 6.17. The number of rotatable bonds is 7. The fourth-order valence-electron chi connectivity index (χ4n) is 4.77. The van der Waals surface area contributed by atoms with E-state index in [-0.39, 0.29) is 0 Å². The van der Waals surface area contributed by atoms with Gasteiger partial charge in [0, 0.05) is 29.6 Å². The van der Waals surface area contributed by atoms with Crippen molar-refractivity contribution in [1.29, 1.82) is 0 Å². The van der Waals surface area contributed by atoms with E-state index in [4.69, 9.17) is 9.26 Å². The van der Waals surface area contributed by atoms with Crippen LogP contribution in [0.1, 0.15) is 31.4 Å². The molecule has 7 heteroatoms. The molecule has 1 N–H and O–H groups in total. The average Bonchev–Trinajstić information content (AvgIpc) is 3.35. The van der Waals surface area contributed by atoms with Gasteiger partial charge in [-0.3, -0.25) is 4.98 Å². The van der Waals surface area contributed by atoms with Crippen molar-refractivity contribution in [3.63, 3.8) is 0 Å². The summed E-state index contributed by atoms with van der Waals surface area (Å²) in [7, 11) is 0. The molecule has 0 radical (unpaired) electrons. The zero-order valence-corrected chi connectivity index (χ0v) is 19.4. The molecule has 0 saturated carbocycles. The van der Waals surface area contributed by atoms with E-state index < -0.39 is 0 Å². The Morgan fingerprint density at radius 2 is 2.00 bits per heavy atom. The molecule has 5 rings (SSSR count). The number of pyridine rings is 1. The van der Waals surface area contributed by atoms with Gasteiger partial charge in [-0.05, 0) is 101 Å². The quantitative estimate of drug-likeness (QED) is 0.582. The van der Waals surface area contributed by atoms with Gasteiger partial charge in [-0.1, -0.05) is 11.2 Å². The molecule has 1 unspecified atom stereocenters. The van der Waals surface area contributed by atoms with Crippen molar-refractivity contribution in [1.82, 2.24) is 25.3 Å². The number of hydrogen-bond acceptors (Lipinski definition) is 7. The van der Waals surface area contributed by atoms with Crippen molar-refractivity contribution >= 4 is 0 Å². The number of hydrogen-bond donors (Lipinski definition) is 1. The minimum absolute atomic E-state index is 0.488. The summed E-state index contributed by atoms with van der Waals surface area (Å²) < 4.78 is 11.7. The predicted octanol–water partition coefficient (Wildman–Crippen LogP) is 4.20. The fourth-order valence-corrected chi connectivity index (χ4v) is 4.77. The second kappa shape index (κ2) is 10.4. The lowest BCUT2D eigenvalue weighted by Crippen LogP contribution is -2.42. The Morgan fingerprint density at radius 1 is 1.09 bits per heavy atom. The number of nitrogens with zero attached hydrogens (tertiary/aromatic N) is 4. The van der Waals surface area contributed by atoms with Crippen LogP contribution in [-0.2, 0) is 0 Å². The van der Waals surface area contributed by atoms with Gasteiger partial charge in [-0.2, -0.15) is 4.98 Å². The normalized spacial score (nSPS) is 20.1. The van der Waals surface area contributed by atoms with Crippen molar-refractivity contribution in [2.75, 3.05) is 39.3 Å². The average molecular weight is 448 g/mol. The maximum absolute atomic E-state index is 6.17. The third-order valence-corrected chi connectivity index (χ3v) is 6.78. The van der Waals surface area contributed by atoms with Crippen LogP contribution in [0.3, 0.4) is 0 Å². The third-order valence-electron chi connectivity index (χ3n) is 6.78. The monoisotopic (exact) mass is 447 g/mol. The molecule has 0 spiro atoms. The highest BCUT2D eigenvalue weighted by atomic mass is 16.5. The van der Waals surface area contributed by atoms with Crippen LogP contribution in [0.15, 0.2) is 47.1 Å². The number of nitrogens with one attached hydrogen (secondary N) is 1. The van der Waals surface area contributed by atoms with Gasteiger partial charge in [0.05, 0.1) is 6.61 Å². The van der Waals surface area contributed by atoms with Gasteiger partial charge in [0.15, 0.2) is 0 Å². The number of aryl methyl sites for hydroxylation is 1. The van der Waals surface area contributed by atoms with Crippen LogP contribution in [0.5, 0.6) is 5.75 Å². The minimum atomic E-state index is 0.488. The summed E-state index contributed by atoms with van der Waals surface area (Å²) in [5.74, 6) is 3.31. The molecular weight excluding hydrogens is 414 g/mol. The molecular formula is C26H33N5O2. The van der Waals surface area contributed by atoms with Crippen LogP contribution < -0.4 is 10.1 Å². The van der Waals surface area contributed by atoms with Crippen molar-refractivity contribution in [3.05, 3.63) is 48.3 Å².